The lowest BCUT2D eigenvalue weighted by molar-refractivity contribution is -0.143. The first-order valence-corrected chi connectivity index (χ1v) is 7.88. The minimum atomic E-state index is -0.163. The highest BCUT2D eigenvalue weighted by Gasteiger charge is 2.13. The van der Waals surface area contributed by atoms with Crippen molar-refractivity contribution >= 4 is 11.9 Å². The van der Waals surface area contributed by atoms with Crippen LogP contribution in [0.5, 0.6) is 0 Å². The summed E-state index contributed by atoms with van der Waals surface area (Å²) in [7, 11) is 0. The molecule has 0 bridgehead atoms. The summed E-state index contributed by atoms with van der Waals surface area (Å²) in [5.41, 5.74) is 0. The monoisotopic (exact) mass is 284 g/mol. The van der Waals surface area contributed by atoms with Crippen molar-refractivity contribution in [2.45, 2.75) is 51.9 Å². The Kier molecular flexibility index (Phi) is 9.04. The number of rotatable bonds is 7. The molecule has 0 unspecified atom stereocenters. The summed E-state index contributed by atoms with van der Waals surface area (Å²) in [5.74, 6) is 0.0208. The van der Waals surface area contributed by atoms with Crippen LogP contribution in [-0.4, -0.2) is 49.6 Å². The Bertz CT molecular complexity index is 287. The van der Waals surface area contributed by atoms with Gasteiger partial charge in [0, 0.05) is 19.5 Å². The van der Waals surface area contributed by atoms with Crippen LogP contribution in [0.2, 0.25) is 0 Å². The maximum absolute atomic E-state index is 12.0. The van der Waals surface area contributed by atoms with E-state index >= 15 is 0 Å². The van der Waals surface area contributed by atoms with Gasteiger partial charge in [0.2, 0.25) is 5.91 Å². The first-order chi connectivity index (χ1) is 9.74. The second kappa shape index (κ2) is 10.7. The van der Waals surface area contributed by atoms with Crippen molar-refractivity contribution in [2.24, 2.45) is 0 Å². The standard InChI is InChI=1S/C15H28N2O3/c1-2-20-15(19)9-8-10-16-13-14(18)17-11-6-4-3-5-7-12-17/h16H,2-13H2,1H3. The summed E-state index contributed by atoms with van der Waals surface area (Å²) in [6.07, 6.45) is 7.13. The van der Waals surface area contributed by atoms with E-state index in [-0.39, 0.29) is 11.9 Å². The van der Waals surface area contributed by atoms with Gasteiger partial charge in [-0.05, 0) is 32.7 Å². The minimum absolute atomic E-state index is 0.163. The first-order valence-electron chi connectivity index (χ1n) is 7.88. The number of hydrogen-bond acceptors (Lipinski definition) is 4. The number of ether oxygens (including phenoxy) is 1. The summed E-state index contributed by atoms with van der Waals surface area (Å²) in [5, 5.41) is 3.12. The van der Waals surface area contributed by atoms with E-state index in [1.165, 1.54) is 19.3 Å². The molecule has 0 spiro atoms. The summed E-state index contributed by atoms with van der Waals surface area (Å²) < 4.78 is 4.85. The van der Waals surface area contributed by atoms with E-state index in [1.807, 2.05) is 4.90 Å². The van der Waals surface area contributed by atoms with Gasteiger partial charge >= 0.3 is 5.97 Å². The Morgan fingerprint density at radius 3 is 2.40 bits per heavy atom. The molecule has 116 valence electrons. The molecule has 1 N–H and O–H groups in total. The van der Waals surface area contributed by atoms with Gasteiger partial charge in [0.1, 0.15) is 0 Å². The largest absolute Gasteiger partial charge is 0.466 e. The maximum atomic E-state index is 12.0. The van der Waals surface area contributed by atoms with Crippen LogP contribution in [0.4, 0.5) is 0 Å². The maximum Gasteiger partial charge on any atom is 0.305 e. The van der Waals surface area contributed by atoms with Crippen molar-refractivity contribution in [3.8, 4) is 0 Å². The van der Waals surface area contributed by atoms with E-state index < -0.39 is 0 Å². The molecule has 0 saturated carbocycles. The predicted molar refractivity (Wildman–Crippen MR) is 78.4 cm³/mol. The van der Waals surface area contributed by atoms with E-state index in [0.717, 1.165) is 25.9 Å². The van der Waals surface area contributed by atoms with Crippen molar-refractivity contribution in [3.05, 3.63) is 0 Å². The molecule has 1 heterocycles. The fourth-order valence-corrected chi connectivity index (χ4v) is 2.39. The van der Waals surface area contributed by atoms with Crippen molar-refractivity contribution in [1.82, 2.24) is 10.2 Å². The Labute approximate surface area is 122 Å². The molecule has 1 saturated heterocycles. The molecule has 0 aliphatic carbocycles. The van der Waals surface area contributed by atoms with Crippen molar-refractivity contribution < 1.29 is 14.3 Å². The zero-order valence-corrected chi connectivity index (χ0v) is 12.7. The van der Waals surface area contributed by atoms with Gasteiger partial charge in [-0.15, -0.1) is 0 Å². The van der Waals surface area contributed by atoms with E-state index in [4.69, 9.17) is 4.74 Å². The zero-order valence-electron chi connectivity index (χ0n) is 12.7. The average Bonchev–Trinajstić information content (AvgIpc) is 2.38. The van der Waals surface area contributed by atoms with Gasteiger partial charge in [-0.2, -0.15) is 0 Å². The third kappa shape index (κ3) is 7.48. The van der Waals surface area contributed by atoms with E-state index in [2.05, 4.69) is 5.32 Å². The van der Waals surface area contributed by atoms with Crippen LogP contribution in [-0.2, 0) is 14.3 Å². The number of carbonyl (C=O) groups excluding carboxylic acids is 2. The molecule has 5 heteroatoms. The van der Waals surface area contributed by atoms with E-state index in [1.54, 1.807) is 6.92 Å². The lowest BCUT2D eigenvalue weighted by Crippen LogP contribution is -2.40. The van der Waals surface area contributed by atoms with Crippen molar-refractivity contribution in [2.75, 3.05) is 32.8 Å². The molecule has 0 radical (unpaired) electrons. The summed E-state index contributed by atoms with van der Waals surface area (Å²) in [4.78, 5) is 25.1. The SMILES string of the molecule is CCOC(=O)CCCNCC(=O)N1CCCCCCC1. The number of likely N-dealkylation sites (tertiary alicyclic amines) is 1. The minimum Gasteiger partial charge on any atom is -0.466 e. The van der Waals surface area contributed by atoms with Gasteiger partial charge in [0.15, 0.2) is 0 Å². The number of carbonyl (C=O) groups is 2. The average molecular weight is 284 g/mol. The van der Waals surface area contributed by atoms with Gasteiger partial charge in [-0.1, -0.05) is 19.3 Å². The Hall–Kier alpha value is -1.10. The second-order valence-corrected chi connectivity index (χ2v) is 5.23. The Morgan fingerprint density at radius 2 is 1.75 bits per heavy atom. The molecule has 20 heavy (non-hydrogen) atoms. The molecule has 5 nitrogen and oxygen atoms in total. The first kappa shape index (κ1) is 17.0. The van der Waals surface area contributed by atoms with E-state index in [0.29, 0.717) is 32.5 Å². The van der Waals surface area contributed by atoms with Crippen LogP contribution in [0.1, 0.15) is 51.9 Å². The molecule has 0 aromatic heterocycles. The van der Waals surface area contributed by atoms with Crippen LogP contribution in [0.25, 0.3) is 0 Å². The van der Waals surface area contributed by atoms with Gasteiger partial charge in [0.25, 0.3) is 0 Å². The molecule has 1 rings (SSSR count). The molecule has 1 aliphatic rings. The Morgan fingerprint density at radius 1 is 1.10 bits per heavy atom. The number of nitrogens with one attached hydrogen (secondary N) is 1. The molecule has 0 aromatic rings. The van der Waals surface area contributed by atoms with Crippen LogP contribution in [0.15, 0.2) is 0 Å². The van der Waals surface area contributed by atoms with Gasteiger partial charge in [-0.25, -0.2) is 0 Å². The van der Waals surface area contributed by atoms with Crippen molar-refractivity contribution in [1.29, 1.82) is 0 Å². The van der Waals surface area contributed by atoms with Crippen LogP contribution in [0, 0.1) is 0 Å². The molecule has 1 fully saturated rings. The van der Waals surface area contributed by atoms with Gasteiger partial charge in [-0.3, -0.25) is 9.59 Å². The van der Waals surface area contributed by atoms with Crippen LogP contribution in [0.3, 0.4) is 0 Å². The quantitative estimate of drug-likeness (QED) is 0.571. The third-order valence-corrected chi connectivity index (χ3v) is 3.52. The summed E-state index contributed by atoms with van der Waals surface area (Å²) in [6, 6.07) is 0. The molecular formula is C15H28N2O3. The smallest absolute Gasteiger partial charge is 0.305 e. The Balaban J connectivity index is 2.08. The van der Waals surface area contributed by atoms with Gasteiger partial charge < -0.3 is 15.0 Å². The number of hydrogen-bond donors (Lipinski definition) is 1. The number of esters is 1. The summed E-state index contributed by atoms with van der Waals surface area (Å²) >= 11 is 0. The summed E-state index contributed by atoms with van der Waals surface area (Å²) in [6.45, 7) is 5.08. The number of nitrogens with zero attached hydrogens (tertiary/aromatic N) is 1. The molecule has 0 atom stereocenters. The van der Waals surface area contributed by atoms with E-state index in [9.17, 15) is 9.59 Å². The topological polar surface area (TPSA) is 58.6 Å². The lowest BCUT2D eigenvalue weighted by atomic mass is 10.1. The third-order valence-electron chi connectivity index (χ3n) is 3.52. The van der Waals surface area contributed by atoms with Crippen molar-refractivity contribution in [3.63, 3.8) is 0 Å². The second-order valence-electron chi connectivity index (χ2n) is 5.23. The highest BCUT2D eigenvalue weighted by Crippen LogP contribution is 2.10. The molecular weight excluding hydrogens is 256 g/mol. The number of amides is 1. The van der Waals surface area contributed by atoms with Crippen LogP contribution >= 0.6 is 0 Å². The fourth-order valence-electron chi connectivity index (χ4n) is 2.39. The predicted octanol–water partition coefficient (Wildman–Crippen LogP) is 1.71. The highest BCUT2D eigenvalue weighted by molar-refractivity contribution is 5.78. The zero-order chi connectivity index (χ0) is 14.6. The van der Waals surface area contributed by atoms with Gasteiger partial charge in [0.05, 0.1) is 13.2 Å². The molecule has 0 aromatic carbocycles. The van der Waals surface area contributed by atoms with Crippen LogP contribution < -0.4 is 5.32 Å². The lowest BCUT2D eigenvalue weighted by Gasteiger charge is -2.25. The fraction of sp³-hybridized carbons (Fsp3) is 0.867. The normalized spacial score (nSPS) is 16.4. The highest BCUT2D eigenvalue weighted by atomic mass is 16.5. The molecule has 1 amide bonds. The molecule has 1 aliphatic heterocycles.